The lowest BCUT2D eigenvalue weighted by atomic mass is 9.76. The summed E-state index contributed by atoms with van der Waals surface area (Å²) in [6, 6.07) is 9.27. The number of hydrogen-bond donors (Lipinski definition) is 0. The van der Waals surface area contributed by atoms with Crippen LogP contribution in [0, 0.1) is 5.92 Å². The van der Waals surface area contributed by atoms with E-state index in [4.69, 9.17) is 16.3 Å². The van der Waals surface area contributed by atoms with Crippen LogP contribution in [0.2, 0.25) is 5.02 Å². The summed E-state index contributed by atoms with van der Waals surface area (Å²) in [5.41, 5.74) is 2.53. The number of aromatic nitrogens is 1. The van der Waals surface area contributed by atoms with Crippen LogP contribution in [-0.2, 0) is 16.1 Å². The standard InChI is InChI=1S/C26H32ClN3O3/c1-3-33-26(32)22-18(2)28-21-11-16-30(15-8-14-29-12-5-4-6-13-29)25(31)24(21)23(22)19-9-7-10-20(27)17-19/h7,9-11,16-17,22-23H,3-6,8,12-15H2,1-2H3. The van der Waals surface area contributed by atoms with Crippen molar-refractivity contribution in [3.05, 3.63) is 63.0 Å². The number of rotatable bonds is 7. The number of fused-ring (bicyclic) bond motifs is 1. The van der Waals surface area contributed by atoms with Gasteiger partial charge in [0.25, 0.3) is 5.56 Å². The smallest absolute Gasteiger partial charge is 0.315 e. The van der Waals surface area contributed by atoms with E-state index >= 15 is 0 Å². The van der Waals surface area contributed by atoms with Gasteiger partial charge in [0.1, 0.15) is 5.92 Å². The minimum Gasteiger partial charge on any atom is -0.465 e. The second-order valence-corrected chi connectivity index (χ2v) is 9.32. The van der Waals surface area contributed by atoms with E-state index in [1.165, 1.54) is 19.3 Å². The van der Waals surface area contributed by atoms with Crippen LogP contribution < -0.4 is 5.56 Å². The van der Waals surface area contributed by atoms with Gasteiger partial charge >= 0.3 is 5.97 Å². The summed E-state index contributed by atoms with van der Waals surface area (Å²) < 4.78 is 7.15. The Morgan fingerprint density at radius 1 is 1.18 bits per heavy atom. The van der Waals surface area contributed by atoms with Crippen molar-refractivity contribution < 1.29 is 9.53 Å². The number of aliphatic imine (C=N–C) groups is 1. The van der Waals surface area contributed by atoms with Crippen LogP contribution >= 0.6 is 11.6 Å². The zero-order chi connectivity index (χ0) is 23.4. The van der Waals surface area contributed by atoms with Crippen LogP contribution in [0.1, 0.15) is 56.6 Å². The van der Waals surface area contributed by atoms with Crippen molar-refractivity contribution in [3.63, 3.8) is 0 Å². The van der Waals surface area contributed by atoms with E-state index in [0.717, 1.165) is 31.6 Å². The third-order valence-electron chi connectivity index (χ3n) is 6.64. The number of nitrogens with zero attached hydrogens (tertiary/aromatic N) is 3. The summed E-state index contributed by atoms with van der Waals surface area (Å²) in [5.74, 6) is -1.51. The molecule has 1 fully saturated rings. The highest BCUT2D eigenvalue weighted by Gasteiger charge is 2.40. The molecule has 0 saturated carbocycles. The van der Waals surface area contributed by atoms with Gasteiger partial charge in [-0.05, 0) is 76.5 Å². The molecule has 3 heterocycles. The molecule has 7 heteroatoms. The fraction of sp³-hybridized carbons (Fsp3) is 0.500. The number of aryl methyl sites for hydroxylation is 1. The topological polar surface area (TPSA) is 63.9 Å². The van der Waals surface area contributed by atoms with Gasteiger partial charge in [0, 0.05) is 29.4 Å². The number of carbonyl (C=O) groups excluding carboxylic acids is 1. The predicted octanol–water partition coefficient (Wildman–Crippen LogP) is 4.79. The highest BCUT2D eigenvalue weighted by molar-refractivity contribution is 6.30. The first-order valence-electron chi connectivity index (χ1n) is 11.9. The number of piperidine rings is 1. The van der Waals surface area contributed by atoms with Gasteiger partial charge in [0.05, 0.1) is 17.9 Å². The number of halogens is 1. The third kappa shape index (κ3) is 5.22. The molecule has 0 aliphatic carbocycles. The van der Waals surface area contributed by atoms with E-state index < -0.39 is 11.8 Å². The number of pyridine rings is 1. The maximum absolute atomic E-state index is 13.7. The van der Waals surface area contributed by atoms with Crippen LogP contribution in [0.25, 0.3) is 0 Å². The largest absolute Gasteiger partial charge is 0.465 e. The molecular weight excluding hydrogens is 438 g/mol. The SMILES string of the molecule is CCOC(=O)C1C(C)=Nc2ccn(CCCN3CCCCC3)c(=O)c2C1c1cccc(Cl)c1. The lowest BCUT2D eigenvalue weighted by Crippen LogP contribution is -2.38. The molecule has 0 spiro atoms. The van der Waals surface area contributed by atoms with Crippen molar-refractivity contribution in [2.45, 2.75) is 52.0 Å². The molecule has 6 nitrogen and oxygen atoms in total. The molecule has 0 radical (unpaired) electrons. The average molecular weight is 470 g/mol. The van der Waals surface area contributed by atoms with Gasteiger partial charge in [-0.2, -0.15) is 0 Å². The minimum atomic E-state index is -0.659. The Kier molecular flexibility index (Phi) is 7.66. The molecule has 2 aromatic rings. The number of likely N-dealkylation sites (tertiary alicyclic amines) is 1. The zero-order valence-electron chi connectivity index (χ0n) is 19.4. The van der Waals surface area contributed by atoms with Gasteiger partial charge < -0.3 is 14.2 Å². The number of hydrogen-bond acceptors (Lipinski definition) is 5. The molecule has 1 aromatic heterocycles. The van der Waals surface area contributed by atoms with Crippen molar-refractivity contribution in [2.24, 2.45) is 10.9 Å². The molecule has 0 bridgehead atoms. The number of carbonyl (C=O) groups is 1. The Balaban J connectivity index is 1.69. The lowest BCUT2D eigenvalue weighted by molar-refractivity contribution is -0.146. The van der Waals surface area contributed by atoms with Crippen molar-refractivity contribution in [1.29, 1.82) is 0 Å². The van der Waals surface area contributed by atoms with Crippen molar-refractivity contribution in [2.75, 3.05) is 26.2 Å². The van der Waals surface area contributed by atoms with E-state index in [9.17, 15) is 9.59 Å². The van der Waals surface area contributed by atoms with E-state index in [0.29, 0.717) is 28.5 Å². The summed E-state index contributed by atoms with van der Waals surface area (Å²) >= 11 is 6.29. The summed E-state index contributed by atoms with van der Waals surface area (Å²) in [4.78, 5) is 33.8. The molecule has 33 heavy (non-hydrogen) atoms. The van der Waals surface area contributed by atoms with Crippen molar-refractivity contribution in [3.8, 4) is 0 Å². The van der Waals surface area contributed by atoms with E-state index in [2.05, 4.69) is 9.89 Å². The molecular formula is C26H32ClN3O3. The lowest BCUT2D eigenvalue weighted by Gasteiger charge is -2.31. The van der Waals surface area contributed by atoms with Gasteiger partial charge in [-0.25, -0.2) is 0 Å². The van der Waals surface area contributed by atoms with E-state index in [-0.39, 0.29) is 18.1 Å². The van der Waals surface area contributed by atoms with Gasteiger partial charge in [-0.1, -0.05) is 30.2 Å². The molecule has 0 amide bonds. The monoisotopic (exact) mass is 469 g/mol. The number of esters is 1. The molecule has 4 rings (SSSR count). The molecule has 2 atom stereocenters. The first kappa shape index (κ1) is 23.7. The summed E-state index contributed by atoms with van der Waals surface area (Å²) in [6.45, 7) is 7.79. The van der Waals surface area contributed by atoms with Gasteiger partial charge in [-0.3, -0.25) is 14.6 Å². The predicted molar refractivity (Wildman–Crippen MR) is 132 cm³/mol. The molecule has 1 aromatic carbocycles. The normalized spacial score (nSPS) is 20.8. The first-order valence-corrected chi connectivity index (χ1v) is 12.3. The van der Waals surface area contributed by atoms with Crippen LogP contribution in [0.3, 0.4) is 0 Å². The summed E-state index contributed by atoms with van der Waals surface area (Å²) in [7, 11) is 0. The minimum absolute atomic E-state index is 0.0957. The summed E-state index contributed by atoms with van der Waals surface area (Å²) in [5, 5.41) is 0.564. The highest BCUT2D eigenvalue weighted by Crippen LogP contribution is 2.41. The Morgan fingerprint density at radius 3 is 2.70 bits per heavy atom. The Labute approximate surface area is 200 Å². The molecule has 176 valence electrons. The number of benzene rings is 1. The Morgan fingerprint density at radius 2 is 1.97 bits per heavy atom. The molecule has 2 aliphatic rings. The quantitative estimate of drug-likeness (QED) is 0.546. The third-order valence-corrected chi connectivity index (χ3v) is 6.88. The fourth-order valence-electron chi connectivity index (χ4n) is 5.06. The van der Waals surface area contributed by atoms with Crippen LogP contribution in [0.15, 0.2) is 46.3 Å². The number of ether oxygens (including phenoxy) is 1. The first-order chi connectivity index (χ1) is 16.0. The fourth-order valence-corrected chi connectivity index (χ4v) is 5.26. The summed E-state index contributed by atoms with van der Waals surface area (Å²) in [6.07, 6.45) is 6.56. The van der Waals surface area contributed by atoms with Crippen LogP contribution in [-0.4, -0.2) is 47.4 Å². The van der Waals surface area contributed by atoms with Gasteiger partial charge in [0.2, 0.25) is 0 Å². The van der Waals surface area contributed by atoms with Crippen LogP contribution in [0.5, 0.6) is 0 Å². The highest BCUT2D eigenvalue weighted by atomic mass is 35.5. The maximum atomic E-state index is 13.7. The molecule has 1 saturated heterocycles. The van der Waals surface area contributed by atoms with Gasteiger partial charge in [0.15, 0.2) is 0 Å². The molecule has 2 aliphatic heterocycles. The van der Waals surface area contributed by atoms with Gasteiger partial charge in [-0.15, -0.1) is 0 Å². The molecule has 2 unspecified atom stereocenters. The van der Waals surface area contributed by atoms with Crippen molar-refractivity contribution in [1.82, 2.24) is 9.47 Å². The van der Waals surface area contributed by atoms with E-state index in [1.54, 1.807) is 17.6 Å². The average Bonchev–Trinajstić information content (AvgIpc) is 2.80. The second kappa shape index (κ2) is 10.7. The maximum Gasteiger partial charge on any atom is 0.315 e. The van der Waals surface area contributed by atoms with Crippen LogP contribution in [0.4, 0.5) is 5.69 Å². The van der Waals surface area contributed by atoms with E-state index in [1.807, 2.05) is 37.4 Å². The van der Waals surface area contributed by atoms with Crippen molar-refractivity contribution >= 4 is 29.0 Å². The molecule has 0 N–H and O–H groups in total. The Hall–Kier alpha value is -2.44. The second-order valence-electron chi connectivity index (χ2n) is 8.88. The zero-order valence-corrected chi connectivity index (χ0v) is 20.2. The Bertz CT molecular complexity index is 1090.